The quantitative estimate of drug-likeness (QED) is 0.698. The Morgan fingerprint density at radius 1 is 1.54 bits per heavy atom. The molecule has 0 amide bonds. The van der Waals surface area contributed by atoms with Gasteiger partial charge >= 0.3 is 0 Å². The SMILES string of the molecule is CC(O)(C1=CCCO1)C1CCOC1. The Morgan fingerprint density at radius 3 is 2.92 bits per heavy atom. The van der Waals surface area contributed by atoms with Gasteiger partial charge in [0.2, 0.25) is 0 Å². The molecule has 1 N–H and O–H groups in total. The fourth-order valence-corrected chi connectivity index (χ4v) is 1.95. The zero-order valence-corrected chi connectivity index (χ0v) is 7.95. The van der Waals surface area contributed by atoms with Gasteiger partial charge in [0.05, 0.1) is 13.2 Å². The van der Waals surface area contributed by atoms with Crippen LogP contribution in [0.1, 0.15) is 19.8 Å². The van der Waals surface area contributed by atoms with Crippen molar-refractivity contribution in [3.63, 3.8) is 0 Å². The molecule has 0 aromatic carbocycles. The molecule has 0 spiro atoms. The lowest BCUT2D eigenvalue weighted by atomic mass is 9.86. The highest BCUT2D eigenvalue weighted by molar-refractivity contribution is 5.14. The van der Waals surface area contributed by atoms with Gasteiger partial charge in [-0.3, -0.25) is 0 Å². The van der Waals surface area contributed by atoms with Crippen LogP contribution < -0.4 is 0 Å². The van der Waals surface area contributed by atoms with Gasteiger partial charge in [0.15, 0.2) is 0 Å². The molecule has 1 saturated heterocycles. The molecule has 0 aromatic heterocycles. The first kappa shape index (κ1) is 9.03. The molecule has 0 saturated carbocycles. The number of hydrogen-bond donors (Lipinski definition) is 1. The fourth-order valence-electron chi connectivity index (χ4n) is 1.95. The molecular formula is C10H16O3. The minimum absolute atomic E-state index is 0.192. The first-order valence-corrected chi connectivity index (χ1v) is 4.85. The standard InChI is InChI=1S/C10H16O3/c1-10(11,8-4-6-12-7-8)9-3-2-5-13-9/h3,8,11H,2,4-7H2,1H3. The molecule has 1 fully saturated rings. The number of rotatable bonds is 2. The van der Waals surface area contributed by atoms with Crippen LogP contribution in [0.2, 0.25) is 0 Å². The van der Waals surface area contributed by atoms with Crippen molar-refractivity contribution < 1.29 is 14.6 Å². The third kappa shape index (κ3) is 1.58. The maximum Gasteiger partial charge on any atom is 0.124 e. The van der Waals surface area contributed by atoms with Gasteiger partial charge in [0, 0.05) is 18.9 Å². The zero-order chi connectivity index (χ0) is 9.31. The summed E-state index contributed by atoms with van der Waals surface area (Å²) in [6, 6.07) is 0. The Morgan fingerprint density at radius 2 is 2.38 bits per heavy atom. The monoisotopic (exact) mass is 184 g/mol. The van der Waals surface area contributed by atoms with E-state index in [1.165, 1.54) is 0 Å². The Hall–Kier alpha value is -0.540. The molecular weight excluding hydrogens is 168 g/mol. The van der Waals surface area contributed by atoms with Crippen LogP contribution in [0, 0.1) is 5.92 Å². The van der Waals surface area contributed by atoms with Gasteiger partial charge in [-0.2, -0.15) is 0 Å². The first-order chi connectivity index (χ1) is 6.21. The van der Waals surface area contributed by atoms with Gasteiger partial charge in [0.25, 0.3) is 0 Å². The van der Waals surface area contributed by atoms with Crippen molar-refractivity contribution in [2.24, 2.45) is 5.92 Å². The Kier molecular flexibility index (Phi) is 2.30. The average molecular weight is 184 g/mol. The van der Waals surface area contributed by atoms with E-state index in [4.69, 9.17) is 9.47 Å². The summed E-state index contributed by atoms with van der Waals surface area (Å²) in [5.74, 6) is 0.930. The van der Waals surface area contributed by atoms with Crippen LogP contribution in [0.5, 0.6) is 0 Å². The highest BCUT2D eigenvalue weighted by Gasteiger charge is 2.40. The first-order valence-electron chi connectivity index (χ1n) is 4.85. The number of hydrogen-bond acceptors (Lipinski definition) is 3. The van der Waals surface area contributed by atoms with E-state index in [9.17, 15) is 5.11 Å². The van der Waals surface area contributed by atoms with E-state index in [1.54, 1.807) is 0 Å². The summed E-state index contributed by atoms with van der Waals surface area (Å²) in [6.45, 7) is 3.93. The Balaban J connectivity index is 2.08. The van der Waals surface area contributed by atoms with Crippen molar-refractivity contribution in [1.82, 2.24) is 0 Å². The van der Waals surface area contributed by atoms with E-state index in [2.05, 4.69) is 0 Å². The van der Waals surface area contributed by atoms with Crippen LogP contribution in [0.4, 0.5) is 0 Å². The van der Waals surface area contributed by atoms with Crippen LogP contribution in [0.15, 0.2) is 11.8 Å². The summed E-state index contributed by atoms with van der Waals surface area (Å²) >= 11 is 0. The molecule has 2 unspecified atom stereocenters. The average Bonchev–Trinajstić information content (AvgIpc) is 2.78. The van der Waals surface area contributed by atoms with Crippen LogP contribution in [0.3, 0.4) is 0 Å². The predicted molar refractivity (Wildman–Crippen MR) is 48.2 cm³/mol. The van der Waals surface area contributed by atoms with Gasteiger partial charge in [-0.1, -0.05) is 0 Å². The molecule has 2 aliphatic heterocycles. The van der Waals surface area contributed by atoms with Crippen LogP contribution in [0.25, 0.3) is 0 Å². The number of ether oxygens (including phenoxy) is 2. The second-order valence-electron chi connectivity index (χ2n) is 3.91. The van der Waals surface area contributed by atoms with Gasteiger partial charge in [-0.05, 0) is 19.4 Å². The van der Waals surface area contributed by atoms with E-state index in [0.717, 1.165) is 25.2 Å². The summed E-state index contributed by atoms with van der Waals surface area (Å²) in [4.78, 5) is 0. The largest absolute Gasteiger partial charge is 0.495 e. The highest BCUT2D eigenvalue weighted by Crippen LogP contribution is 2.34. The number of aliphatic hydroxyl groups is 1. The third-order valence-electron chi connectivity index (χ3n) is 2.93. The van der Waals surface area contributed by atoms with Crippen LogP contribution >= 0.6 is 0 Å². The molecule has 2 heterocycles. The minimum atomic E-state index is -0.826. The molecule has 13 heavy (non-hydrogen) atoms. The molecule has 0 radical (unpaired) electrons. The van der Waals surface area contributed by atoms with Crippen LogP contribution in [-0.2, 0) is 9.47 Å². The molecule has 3 heteroatoms. The van der Waals surface area contributed by atoms with E-state index >= 15 is 0 Å². The minimum Gasteiger partial charge on any atom is -0.495 e. The maximum atomic E-state index is 10.2. The Bertz CT molecular complexity index is 214. The van der Waals surface area contributed by atoms with Crippen molar-refractivity contribution in [2.45, 2.75) is 25.4 Å². The third-order valence-corrected chi connectivity index (χ3v) is 2.93. The molecule has 0 aliphatic carbocycles. The van der Waals surface area contributed by atoms with E-state index in [0.29, 0.717) is 13.2 Å². The fraction of sp³-hybridized carbons (Fsp3) is 0.800. The molecule has 0 bridgehead atoms. The highest BCUT2D eigenvalue weighted by atomic mass is 16.5. The molecule has 2 aliphatic rings. The zero-order valence-electron chi connectivity index (χ0n) is 7.95. The van der Waals surface area contributed by atoms with Crippen molar-refractivity contribution >= 4 is 0 Å². The van der Waals surface area contributed by atoms with Crippen molar-refractivity contribution in [3.05, 3.63) is 11.8 Å². The van der Waals surface area contributed by atoms with Gasteiger partial charge in [-0.25, -0.2) is 0 Å². The Labute approximate surface area is 78.3 Å². The summed E-state index contributed by atoms with van der Waals surface area (Å²) < 4.78 is 10.6. The van der Waals surface area contributed by atoms with Crippen molar-refractivity contribution in [2.75, 3.05) is 19.8 Å². The summed E-state index contributed by atoms with van der Waals surface area (Å²) in [7, 11) is 0. The maximum absolute atomic E-state index is 10.2. The van der Waals surface area contributed by atoms with Crippen molar-refractivity contribution in [1.29, 1.82) is 0 Å². The summed E-state index contributed by atoms with van der Waals surface area (Å²) in [5, 5.41) is 10.2. The summed E-state index contributed by atoms with van der Waals surface area (Å²) in [5.41, 5.74) is -0.826. The van der Waals surface area contributed by atoms with Crippen LogP contribution in [-0.4, -0.2) is 30.5 Å². The van der Waals surface area contributed by atoms with E-state index in [-0.39, 0.29) is 5.92 Å². The molecule has 3 nitrogen and oxygen atoms in total. The van der Waals surface area contributed by atoms with E-state index in [1.807, 2.05) is 13.0 Å². The predicted octanol–water partition coefficient (Wildman–Crippen LogP) is 1.08. The topological polar surface area (TPSA) is 38.7 Å². The summed E-state index contributed by atoms with van der Waals surface area (Å²) in [6.07, 6.45) is 3.82. The second kappa shape index (κ2) is 3.31. The smallest absolute Gasteiger partial charge is 0.124 e. The second-order valence-corrected chi connectivity index (χ2v) is 3.91. The van der Waals surface area contributed by atoms with Crippen molar-refractivity contribution in [3.8, 4) is 0 Å². The molecule has 0 aromatic rings. The molecule has 74 valence electrons. The normalized spacial score (nSPS) is 32.5. The van der Waals surface area contributed by atoms with E-state index < -0.39 is 5.60 Å². The molecule has 2 rings (SSSR count). The van der Waals surface area contributed by atoms with Gasteiger partial charge in [-0.15, -0.1) is 0 Å². The van der Waals surface area contributed by atoms with Gasteiger partial charge in [0.1, 0.15) is 11.4 Å². The van der Waals surface area contributed by atoms with Gasteiger partial charge < -0.3 is 14.6 Å². The lowest BCUT2D eigenvalue weighted by Gasteiger charge is -2.29. The molecule has 2 atom stereocenters. The lowest BCUT2D eigenvalue weighted by molar-refractivity contribution is -0.0168. The lowest BCUT2D eigenvalue weighted by Crippen LogP contribution is -2.37.